The van der Waals surface area contributed by atoms with Gasteiger partial charge in [-0.2, -0.15) is 0 Å². The predicted octanol–water partition coefficient (Wildman–Crippen LogP) is 14.5. The molecule has 0 saturated carbocycles. The summed E-state index contributed by atoms with van der Waals surface area (Å²) in [6.45, 7) is 7.42. The van der Waals surface area contributed by atoms with Gasteiger partial charge in [-0.25, -0.2) is 9.83 Å². The summed E-state index contributed by atoms with van der Waals surface area (Å²) in [7, 11) is 0. The van der Waals surface area contributed by atoms with Crippen molar-refractivity contribution >= 4 is 5.69 Å². The number of para-hydroxylation sites is 2. The van der Waals surface area contributed by atoms with Gasteiger partial charge in [-0.1, -0.05) is 188 Å². The van der Waals surface area contributed by atoms with Crippen LogP contribution in [0.15, 0.2) is 218 Å². The standard InChI is InChI=1S/C55H36N2O/c1-56-47-32-30-39(31-33-47)51-36-44(38-16-5-2-6-17-38)37-52(57-51)43-21-14-19-41(35-43)40-18-13-20-42(34-40)48-26-15-28-50-54(48)58-53-29-12-11-27-49(53)55(50,45-22-7-3-8-23-45)46-24-9-4-10-25-46/h2-37H. The number of benzene rings is 8. The van der Waals surface area contributed by atoms with Crippen molar-refractivity contribution in [3.63, 3.8) is 0 Å². The van der Waals surface area contributed by atoms with Crippen LogP contribution >= 0.6 is 0 Å². The summed E-state index contributed by atoms with van der Waals surface area (Å²) in [5.41, 5.74) is 14.9. The van der Waals surface area contributed by atoms with Crippen LogP contribution in [0, 0.1) is 6.57 Å². The third-order valence-electron chi connectivity index (χ3n) is 11.2. The van der Waals surface area contributed by atoms with Crippen LogP contribution in [0.5, 0.6) is 11.5 Å². The zero-order valence-corrected chi connectivity index (χ0v) is 31.6. The second-order valence-corrected chi connectivity index (χ2v) is 14.6. The Morgan fingerprint density at radius 2 is 0.914 bits per heavy atom. The molecule has 0 aliphatic carbocycles. The van der Waals surface area contributed by atoms with Gasteiger partial charge in [0, 0.05) is 22.3 Å². The van der Waals surface area contributed by atoms with Crippen LogP contribution in [-0.4, -0.2) is 4.98 Å². The quantitative estimate of drug-likeness (QED) is 0.152. The molecule has 0 unspecified atom stereocenters. The molecule has 0 radical (unpaired) electrons. The molecule has 0 N–H and O–H groups in total. The number of fused-ring (bicyclic) bond motifs is 2. The van der Waals surface area contributed by atoms with E-state index in [1.54, 1.807) is 0 Å². The van der Waals surface area contributed by atoms with E-state index in [1.165, 1.54) is 11.1 Å². The maximum Gasteiger partial charge on any atom is 0.187 e. The first-order valence-corrected chi connectivity index (χ1v) is 19.5. The maximum absolute atomic E-state index is 7.42. The summed E-state index contributed by atoms with van der Waals surface area (Å²) in [4.78, 5) is 8.77. The van der Waals surface area contributed by atoms with Crippen molar-refractivity contribution in [1.82, 2.24) is 4.98 Å². The fourth-order valence-corrected chi connectivity index (χ4v) is 8.51. The van der Waals surface area contributed by atoms with E-state index >= 15 is 0 Å². The van der Waals surface area contributed by atoms with Gasteiger partial charge in [0.1, 0.15) is 11.5 Å². The molecule has 1 aliphatic rings. The van der Waals surface area contributed by atoms with Gasteiger partial charge in [-0.15, -0.1) is 0 Å². The lowest BCUT2D eigenvalue weighted by Crippen LogP contribution is -2.34. The zero-order chi connectivity index (χ0) is 38.9. The number of hydrogen-bond acceptors (Lipinski definition) is 2. The summed E-state index contributed by atoms with van der Waals surface area (Å²) >= 11 is 0. The Morgan fingerprint density at radius 1 is 0.397 bits per heavy atom. The Balaban J connectivity index is 1.09. The molecule has 0 fully saturated rings. The van der Waals surface area contributed by atoms with Crippen molar-refractivity contribution in [1.29, 1.82) is 0 Å². The van der Waals surface area contributed by atoms with Crippen LogP contribution in [0.1, 0.15) is 22.3 Å². The third-order valence-corrected chi connectivity index (χ3v) is 11.2. The molecule has 0 amide bonds. The first kappa shape index (κ1) is 34.7. The van der Waals surface area contributed by atoms with Gasteiger partial charge in [-0.3, -0.25) is 0 Å². The van der Waals surface area contributed by atoms with Crippen LogP contribution in [0.4, 0.5) is 5.69 Å². The van der Waals surface area contributed by atoms with Gasteiger partial charge in [-0.05, 0) is 74.8 Å². The molecule has 3 nitrogen and oxygen atoms in total. The van der Waals surface area contributed by atoms with Crippen LogP contribution in [0.25, 0.3) is 60.7 Å². The molecule has 0 spiro atoms. The minimum Gasteiger partial charge on any atom is -0.456 e. The average molecular weight is 741 g/mol. The molecule has 8 aromatic carbocycles. The Labute approximate surface area is 339 Å². The molecule has 1 aromatic heterocycles. The van der Waals surface area contributed by atoms with Gasteiger partial charge in [0.15, 0.2) is 5.69 Å². The number of aromatic nitrogens is 1. The lowest BCUT2D eigenvalue weighted by atomic mass is 9.63. The minimum absolute atomic E-state index is 0.589. The molecule has 272 valence electrons. The summed E-state index contributed by atoms with van der Waals surface area (Å²) < 4.78 is 6.97. The van der Waals surface area contributed by atoms with Crippen molar-refractivity contribution in [3.05, 3.63) is 252 Å². The van der Waals surface area contributed by atoms with Gasteiger partial charge in [0.2, 0.25) is 0 Å². The summed E-state index contributed by atoms with van der Waals surface area (Å²) in [6.07, 6.45) is 0. The SMILES string of the molecule is [C-]#[N+]c1ccc(-c2cc(-c3ccccc3)cc(-c3cccc(-c4cccc(-c5cccc6c5Oc5ccccc5C6(c5ccccc5)c5ccccc5)c4)c3)n2)cc1. The molecule has 2 heterocycles. The molecule has 10 rings (SSSR count). The maximum atomic E-state index is 7.42. The fourth-order valence-electron chi connectivity index (χ4n) is 8.51. The Kier molecular flexibility index (Phi) is 8.78. The van der Waals surface area contributed by atoms with Crippen LogP contribution in [0.2, 0.25) is 0 Å². The highest BCUT2D eigenvalue weighted by molar-refractivity contribution is 5.84. The largest absolute Gasteiger partial charge is 0.456 e. The lowest BCUT2D eigenvalue weighted by Gasteiger charge is -2.42. The Bertz CT molecular complexity index is 2930. The Hall–Kier alpha value is -7.80. The van der Waals surface area contributed by atoms with Crippen molar-refractivity contribution in [3.8, 4) is 67.4 Å². The number of ether oxygens (including phenoxy) is 1. The summed E-state index contributed by atoms with van der Waals surface area (Å²) in [5.74, 6) is 1.71. The summed E-state index contributed by atoms with van der Waals surface area (Å²) in [6, 6.07) is 76.4. The average Bonchev–Trinajstić information content (AvgIpc) is 3.31. The number of hydrogen-bond donors (Lipinski definition) is 0. The Morgan fingerprint density at radius 3 is 1.59 bits per heavy atom. The number of pyridine rings is 1. The third kappa shape index (κ3) is 6.05. The molecular weight excluding hydrogens is 705 g/mol. The molecule has 3 heteroatoms. The van der Waals surface area contributed by atoms with E-state index in [1.807, 2.05) is 30.3 Å². The second-order valence-electron chi connectivity index (χ2n) is 14.6. The van der Waals surface area contributed by atoms with Gasteiger partial charge in [0.05, 0.1) is 23.4 Å². The van der Waals surface area contributed by atoms with Crippen molar-refractivity contribution in [2.45, 2.75) is 5.41 Å². The monoisotopic (exact) mass is 740 g/mol. The number of nitrogens with zero attached hydrogens (tertiary/aromatic N) is 2. The highest BCUT2D eigenvalue weighted by atomic mass is 16.5. The molecule has 1 aliphatic heterocycles. The zero-order valence-electron chi connectivity index (χ0n) is 31.6. The van der Waals surface area contributed by atoms with Crippen molar-refractivity contribution in [2.75, 3.05) is 0 Å². The van der Waals surface area contributed by atoms with Gasteiger partial charge >= 0.3 is 0 Å². The van der Waals surface area contributed by atoms with E-state index in [4.69, 9.17) is 16.3 Å². The lowest BCUT2D eigenvalue weighted by molar-refractivity contribution is 0.436. The van der Waals surface area contributed by atoms with E-state index in [-0.39, 0.29) is 0 Å². The van der Waals surface area contributed by atoms with Crippen LogP contribution < -0.4 is 4.74 Å². The van der Waals surface area contributed by atoms with E-state index in [0.29, 0.717) is 5.69 Å². The molecule has 0 bridgehead atoms. The van der Waals surface area contributed by atoms with E-state index < -0.39 is 5.41 Å². The van der Waals surface area contributed by atoms with E-state index in [2.05, 4.69) is 193 Å². The molecular formula is C55H36N2O. The molecule has 9 aromatic rings. The van der Waals surface area contributed by atoms with Crippen LogP contribution in [0.3, 0.4) is 0 Å². The molecule has 0 saturated heterocycles. The minimum atomic E-state index is -0.589. The highest BCUT2D eigenvalue weighted by Crippen LogP contribution is 2.57. The second kappa shape index (κ2) is 14.7. The van der Waals surface area contributed by atoms with Crippen LogP contribution in [-0.2, 0) is 5.41 Å². The summed E-state index contributed by atoms with van der Waals surface area (Å²) in [5, 5.41) is 0. The van der Waals surface area contributed by atoms with E-state index in [9.17, 15) is 0 Å². The van der Waals surface area contributed by atoms with Gasteiger partial charge in [0.25, 0.3) is 0 Å². The van der Waals surface area contributed by atoms with Gasteiger partial charge < -0.3 is 4.74 Å². The first-order chi connectivity index (χ1) is 28.7. The molecule has 58 heavy (non-hydrogen) atoms. The number of rotatable bonds is 7. The first-order valence-electron chi connectivity index (χ1n) is 19.5. The molecule has 0 atom stereocenters. The smallest absolute Gasteiger partial charge is 0.187 e. The normalized spacial score (nSPS) is 12.4. The topological polar surface area (TPSA) is 26.5 Å². The van der Waals surface area contributed by atoms with Crippen molar-refractivity contribution < 1.29 is 4.74 Å². The predicted molar refractivity (Wildman–Crippen MR) is 236 cm³/mol. The fraction of sp³-hybridized carbons (Fsp3) is 0.0182. The van der Waals surface area contributed by atoms with Crippen molar-refractivity contribution in [2.24, 2.45) is 0 Å². The van der Waals surface area contributed by atoms with E-state index in [0.717, 1.165) is 78.5 Å². The highest BCUT2D eigenvalue weighted by Gasteiger charge is 2.45.